The van der Waals surface area contributed by atoms with Crippen molar-refractivity contribution in [2.75, 3.05) is 18.0 Å². The summed E-state index contributed by atoms with van der Waals surface area (Å²) in [5.41, 5.74) is 0.167. The van der Waals surface area contributed by atoms with E-state index in [1.807, 2.05) is 4.90 Å². The van der Waals surface area contributed by atoms with Crippen molar-refractivity contribution in [2.45, 2.75) is 38.0 Å². The zero-order chi connectivity index (χ0) is 18.0. The maximum absolute atomic E-state index is 14.5. The molecule has 2 heterocycles. The molecule has 0 saturated carbocycles. The second kappa shape index (κ2) is 7.29. The highest BCUT2D eigenvalue weighted by Gasteiger charge is 2.33. The van der Waals surface area contributed by atoms with Gasteiger partial charge in [-0.3, -0.25) is 14.9 Å². The molecule has 2 aliphatic heterocycles. The van der Waals surface area contributed by atoms with E-state index in [4.69, 9.17) is 0 Å². The molecule has 1 aromatic carbocycles. The van der Waals surface area contributed by atoms with Crippen LogP contribution in [-0.2, 0) is 14.4 Å². The molecule has 2 saturated heterocycles. The minimum Gasteiger partial charge on any atom is -0.371 e. The van der Waals surface area contributed by atoms with Crippen LogP contribution in [0.4, 0.5) is 14.5 Å². The molecule has 5 nitrogen and oxygen atoms in total. The number of halogens is 2. The predicted octanol–water partition coefficient (Wildman–Crippen LogP) is 2.29. The van der Waals surface area contributed by atoms with E-state index in [2.05, 4.69) is 5.32 Å². The summed E-state index contributed by atoms with van der Waals surface area (Å²) >= 11 is 0. The summed E-state index contributed by atoms with van der Waals surface area (Å²) in [5, 5.41) is 2.13. The third-order valence-electron chi connectivity index (χ3n) is 5.06. The molecule has 0 aromatic heterocycles. The number of nitrogens with one attached hydrogen (secondary N) is 1. The van der Waals surface area contributed by atoms with Crippen LogP contribution < -0.4 is 10.2 Å². The van der Waals surface area contributed by atoms with Crippen molar-refractivity contribution in [3.63, 3.8) is 0 Å². The van der Waals surface area contributed by atoms with Crippen LogP contribution in [0.15, 0.2) is 12.1 Å². The molecule has 134 valence electrons. The summed E-state index contributed by atoms with van der Waals surface area (Å²) in [6, 6.07) is 2.50. The Balaban J connectivity index is 1.78. The number of anilines is 1. The number of piperidine rings is 2. The summed E-state index contributed by atoms with van der Waals surface area (Å²) in [7, 11) is 0. The van der Waals surface area contributed by atoms with Crippen LogP contribution in [0.5, 0.6) is 0 Å². The summed E-state index contributed by atoms with van der Waals surface area (Å²) in [5.74, 6) is -3.26. The minimum absolute atomic E-state index is 0.0707. The molecule has 0 aliphatic carbocycles. The molecule has 7 heteroatoms. The summed E-state index contributed by atoms with van der Waals surface area (Å²) in [6.45, 7) is 1.27. The molecule has 2 aliphatic rings. The van der Waals surface area contributed by atoms with Crippen molar-refractivity contribution in [2.24, 2.45) is 5.92 Å². The summed E-state index contributed by atoms with van der Waals surface area (Å²) in [6.07, 6.45) is 3.21. The molecule has 2 fully saturated rings. The van der Waals surface area contributed by atoms with Gasteiger partial charge in [0.15, 0.2) is 0 Å². The Kier molecular flexibility index (Phi) is 5.11. The average molecular weight is 350 g/mol. The van der Waals surface area contributed by atoms with E-state index < -0.39 is 29.4 Å². The Morgan fingerprint density at radius 3 is 2.32 bits per heavy atom. The van der Waals surface area contributed by atoms with Gasteiger partial charge in [0.2, 0.25) is 11.8 Å². The Bertz CT molecular complexity index is 677. The van der Waals surface area contributed by atoms with Gasteiger partial charge in [0.25, 0.3) is 0 Å². The highest BCUT2D eigenvalue weighted by atomic mass is 19.1. The fourth-order valence-corrected chi connectivity index (χ4v) is 3.62. The lowest BCUT2D eigenvalue weighted by Crippen LogP contribution is -2.40. The third kappa shape index (κ3) is 3.70. The smallest absolute Gasteiger partial charge is 0.234 e. The molecule has 1 aromatic rings. The molecule has 0 radical (unpaired) electrons. The largest absolute Gasteiger partial charge is 0.371 e. The van der Waals surface area contributed by atoms with E-state index in [0.29, 0.717) is 31.1 Å². The maximum Gasteiger partial charge on any atom is 0.234 e. The molecule has 0 bridgehead atoms. The summed E-state index contributed by atoms with van der Waals surface area (Å²) in [4.78, 5) is 35.6. The second-order valence-electron chi connectivity index (χ2n) is 6.66. The molecule has 3 rings (SSSR count). The molecular formula is C18H20F2N2O3. The van der Waals surface area contributed by atoms with Gasteiger partial charge in [-0.1, -0.05) is 0 Å². The molecule has 1 atom stereocenters. The first-order valence-corrected chi connectivity index (χ1v) is 8.50. The highest BCUT2D eigenvalue weighted by molar-refractivity contribution is 6.01. The Morgan fingerprint density at radius 2 is 1.76 bits per heavy atom. The summed E-state index contributed by atoms with van der Waals surface area (Å²) < 4.78 is 29.1. The lowest BCUT2D eigenvalue weighted by Gasteiger charge is -2.33. The zero-order valence-electron chi connectivity index (χ0n) is 13.8. The Morgan fingerprint density at radius 1 is 1.12 bits per heavy atom. The highest BCUT2D eigenvalue weighted by Crippen LogP contribution is 2.33. The van der Waals surface area contributed by atoms with Crippen LogP contribution >= 0.6 is 0 Å². The van der Waals surface area contributed by atoms with Crippen LogP contribution in [0.2, 0.25) is 0 Å². The number of hydrogen-bond donors (Lipinski definition) is 1. The third-order valence-corrected chi connectivity index (χ3v) is 5.06. The van der Waals surface area contributed by atoms with Crippen LogP contribution in [-0.4, -0.2) is 31.2 Å². The van der Waals surface area contributed by atoms with Crippen LogP contribution in [0.1, 0.15) is 43.6 Å². The number of imide groups is 1. The number of rotatable bonds is 4. The Labute approximate surface area is 144 Å². The van der Waals surface area contributed by atoms with E-state index >= 15 is 0 Å². The molecular weight excluding hydrogens is 330 g/mol. The molecule has 1 N–H and O–H groups in total. The standard InChI is InChI=1S/C18H20F2N2O3/c19-14-9-12(22-6-3-11(4-7-22)5-8-23)10-15(20)17(14)13-1-2-16(24)21-18(13)25/h8-11,13H,1-7H2,(H,21,24,25)/t13-/m1/s1. The number of benzene rings is 1. The van der Waals surface area contributed by atoms with E-state index in [1.165, 1.54) is 12.1 Å². The maximum atomic E-state index is 14.5. The van der Waals surface area contributed by atoms with Gasteiger partial charge in [-0.2, -0.15) is 0 Å². The quantitative estimate of drug-likeness (QED) is 0.668. The van der Waals surface area contributed by atoms with Gasteiger partial charge in [-0.25, -0.2) is 8.78 Å². The number of carbonyl (C=O) groups excluding carboxylic acids is 3. The molecule has 0 unspecified atom stereocenters. The van der Waals surface area contributed by atoms with Gasteiger partial charge in [-0.15, -0.1) is 0 Å². The van der Waals surface area contributed by atoms with E-state index in [0.717, 1.165) is 19.1 Å². The topological polar surface area (TPSA) is 66.5 Å². The zero-order valence-corrected chi connectivity index (χ0v) is 13.8. The SMILES string of the molecule is O=CCC1CCN(c2cc(F)c([C@H]3CCC(=O)NC3=O)c(F)c2)CC1. The van der Waals surface area contributed by atoms with E-state index in [9.17, 15) is 23.2 Å². The van der Waals surface area contributed by atoms with Crippen molar-refractivity contribution in [3.05, 3.63) is 29.3 Å². The average Bonchev–Trinajstić information content (AvgIpc) is 2.57. The first-order chi connectivity index (χ1) is 12.0. The lowest BCUT2D eigenvalue weighted by atomic mass is 9.89. The van der Waals surface area contributed by atoms with Crippen LogP contribution in [0.3, 0.4) is 0 Å². The van der Waals surface area contributed by atoms with E-state index in [-0.39, 0.29) is 18.4 Å². The lowest BCUT2D eigenvalue weighted by molar-refractivity contribution is -0.134. The van der Waals surface area contributed by atoms with Crippen molar-refractivity contribution in [1.29, 1.82) is 0 Å². The van der Waals surface area contributed by atoms with Gasteiger partial charge in [0, 0.05) is 37.2 Å². The van der Waals surface area contributed by atoms with Gasteiger partial charge < -0.3 is 9.69 Å². The van der Waals surface area contributed by atoms with Gasteiger partial charge >= 0.3 is 0 Å². The number of hydrogen-bond acceptors (Lipinski definition) is 4. The number of aldehydes is 1. The second-order valence-corrected chi connectivity index (χ2v) is 6.66. The normalized spacial score (nSPS) is 22.0. The van der Waals surface area contributed by atoms with E-state index in [1.54, 1.807) is 0 Å². The minimum atomic E-state index is -0.981. The fourth-order valence-electron chi connectivity index (χ4n) is 3.62. The van der Waals surface area contributed by atoms with Gasteiger partial charge in [-0.05, 0) is 37.3 Å². The van der Waals surface area contributed by atoms with Crippen molar-refractivity contribution in [3.8, 4) is 0 Å². The Hall–Kier alpha value is -2.31. The number of amides is 2. The predicted molar refractivity (Wildman–Crippen MR) is 87.1 cm³/mol. The first kappa shape index (κ1) is 17.5. The molecule has 25 heavy (non-hydrogen) atoms. The van der Waals surface area contributed by atoms with Gasteiger partial charge in [0.05, 0.1) is 5.92 Å². The number of nitrogens with zero attached hydrogens (tertiary/aromatic N) is 1. The first-order valence-electron chi connectivity index (χ1n) is 8.50. The van der Waals surface area contributed by atoms with Crippen molar-refractivity contribution < 1.29 is 23.2 Å². The van der Waals surface area contributed by atoms with Crippen LogP contribution in [0.25, 0.3) is 0 Å². The van der Waals surface area contributed by atoms with Crippen LogP contribution in [0, 0.1) is 17.6 Å². The molecule has 2 amide bonds. The van der Waals surface area contributed by atoms with Gasteiger partial charge in [0.1, 0.15) is 17.9 Å². The van der Waals surface area contributed by atoms with Crippen molar-refractivity contribution >= 4 is 23.8 Å². The molecule has 0 spiro atoms. The van der Waals surface area contributed by atoms with Crippen molar-refractivity contribution in [1.82, 2.24) is 5.32 Å². The number of carbonyl (C=O) groups is 3. The fraction of sp³-hybridized carbons (Fsp3) is 0.500. The monoisotopic (exact) mass is 350 g/mol.